The number of nitrogens with zero attached hydrogens (tertiary/aromatic N) is 1. The molecule has 1 aliphatic heterocycles. The van der Waals surface area contributed by atoms with Crippen molar-refractivity contribution in [3.63, 3.8) is 0 Å². The van der Waals surface area contributed by atoms with E-state index in [-0.39, 0.29) is 11.9 Å². The molecule has 1 amide bonds. The Balaban J connectivity index is 1.85. The van der Waals surface area contributed by atoms with Gasteiger partial charge in [-0.25, -0.2) is 0 Å². The van der Waals surface area contributed by atoms with Crippen molar-refractivity contribution in [1.29, 1.82) is 0 Å². The minimum Gasteiger partial charge on any atom is -0.469 e. The van der Waals surface area contributed by atoms with Crippen molar-refractivity contribution in [3.05, 3.63) is 0 Å². The molecular weight excluding hydrogens is 244 g/mol. The van der Waals surface area contributed by atoms with Gasteiger partial charge in [0, 0.05) is 38.5 Å². The molecule has 2 atom stereocenters. The lowest BCUT2D eigenvalue weighted by Crippen LogP contribution is -2.51. The average Bonchev–Trinajstić information content (AvgIpc) is 3.19. The number of hydrogen-bond acceptors (Lipinski definition) is 4. The Morgan fingerprint density at radius 3 is 2.58 bits per heavy atom. The van der Waals surface area contributed by atoms with Crippen LogP contribution in [-0.4, -0.2) is 49.1 Å². The van der Waals surface area contributed by atoms with Crippen LogP contribution in [0.5, 0.6) is 0 Å². The van der Waals surface area contributed by atoms with E-state index in [0.717, 1.165) is 25.9 Å². The topological polar surface area (TPSA) is 58.6 Å². The van der Waals surface area contributed by atoms with Gasteiger partial charge in [0.25, 0.3) is 0 Å². The van der Waals surface area contributed by atoms with Gasteiger partial charge in [-0.15, -0.1) is 0 Å². The van der Waals surface area contributed by atoms with Gasteiger partial charge in [-0.2, -0.15) is 0 Å². The lowest BCUT2D eigenvalue weighted by Gasteiger charge is -2.38. The van der Waals surface area contributed by atoms with Crippen molar-refractivity contribution in [2.24, 2.45) is 5.92 Å². The SMILES string of the molecule is COC(=O)CCC1CC(NC2CC2)CN(C(C)=O)C1. The van der Waals surface area contributed by atoms with Gasteiger partial charge in [-0.1, -0.05) is 0 Å². The van der Waals surface area contributed by atoms with Gasteiger partial charge >= 0.3 is 5.97 Å². The zero-order valence-corrected chi connectivity index (χ0v) is 11.9. The van der Waals surface area contributed by atoms with Crippen LogP contribution in [-0.2, 0) is 14.3 Å². The fourth-order valence-corrected chi connectivity index (χ4v) is 2.80. The van der Waals surface area contributed by atoms with Crippen LogP contribution in [0.4, 0.5) is 0 Å². The standard InChI is InChI=1S/C14H24N2O3/c1-10(17)16-8-11(3-6-14(18)19-2)7-13(9-16)15-12-4-5-12/h11-13,15H,3-9H2,1-2H3. The van der Waals surface area contributed by atoms with Crippen molar-refractivity contribution in [3.8, 4) is 0 Å². The highest BCUT2D eigenvalue weighted by Gasteiger charge is 2.32. The molecule has 108 valence electrons. The van der Waals surface area contributed by atoms with Crippen molar-refractivity contribution < 1.29 is 14.3 Å². The maximum atomic E-state index is 11.6. The number of hydrogen-bond donors (Lipinski definition) is 1. The molecule has 19 heavy (non-hydrogen) atoms. The first-order valence-corrected chi connectivity index (χ1v) is 7.17. The summed E-state index contributed by atoms with van der Waals surface area (Å²) in [4.78, 5) is 24.7. The van der Waals surface area contributed by atoms with E-state index >= 15 is 0 Å². The molecule has 5 nitrogen and oxygen atoms in total. The largest absolute Gasteiger partial charge is 0.469 e. The molecule has 2 unspecified atom stereocenters. The molecule has 0 spiro atoms. The third kappa shape index (κ3) is 4.49. The molecule has 0 radical (unpaired) electrons. The Hall–Kier alpha value is -1.10. The molecule has 0 aromatic heterocycles. The zero-order valence-electron chi connectivity index (χ0n) is 11.9. The first kappa shape index (κ1) is 14.3. The first-order chi connectivity index (χ1) is 9.08. The molecule has 1 saturated heterocycles. The summed E-state index contributed by atoms with van der Waals surface area (Å²) in [6.45, 7) is 3.20. The summed E-state index contributed by atoms with van der Waals surface area (Å²) in [6.07, 6.45) is 4.81. The highest BCUT2D eigenvalue weighted by Crippen LogP contribution is 2.26. The van der Waals surface area contributed by atoms with Crippen LogP contribution in [0.15, 0.2) is 0 Å². The number of amides is 1. The van der Waals surface area contributed by atoms with Gasteiger partial charge in [0.1, 0.15) is 0 Å². The van der Waals surface area contributed by atoms with Crippen LogP contribution in [0.3, 0.4) is 0 Å². The zero-order chi connectivity index (χ0) is 13.8. The second-order valence-corrected chi connectivity index (χ2v) is 5.78. The van der Waals surface area contributed by atoms with E-state index in [9.17, 15) is 9.59 Å². The van der Waals surface area contributed by atoms with Crippen LogP contribution in [0, 0.1) is 5.92 Å². The normalized spacial score (nSPS) is 27.2. The summed E-state index contributed by atoms with van der Waals surface area (Å²) in [6, 6.07) is 1.03. The Morgan fingerprint density at radius 1 is 1.26 bits per heavy atom. The Labute approximate surface area is 114 Å². The van der Waals surface area contributed by atoms with Crippen LogP contribution in [0.25, 0.3) is 0 Å². The van der Waals surface area contributed by atoms with E-state index < -0.39 is 0 Å². The third-order valence-electron chi connectivity index (χ3n) is 4.02. The maximum Gasteiger partial charge on any atom is 0.305 e. The summed E-state index contributed by atoms with van der Waals surface area (Å²) in [7, 11) is 1.42. The van der Waals surface area contributed by atoms with Crippen molar-refractivity contribution >= 4 is 11.9 Å². The predicted molar refractivity (Wildman–Crippen MR) is 71.6 cm³/mol. The lowest BCUT2D eigenvalue weighted by atomic mass is 9.90. The predicted octanol–water partition coefficient (Wildman–Crippen LogP) is 0.929. The Bertz CT molecular complexity index is 342. The minimum absolute atomic E-state index is 0.130. The van der Waals surface area contributed by atoms with Gasteiger partial charge in [0.15, 0.2) is 0 Å². The van der Waals surface area contributed by atoms with Gasteiger partial charge in [0.05, 0.1) is 7.11 Å². The molecule has 1 saturated carbocycles. The second-order valence-electron chi connectivity index (χ2n) is 5.78. The lowest BCUT2D eigenvalue weighted by molar-refractivity contribution is -0.141. The number of esters is 1. The van der Waals surface area contributed by atoms with Crippen molar-refractivity contribution in [2.45, 2.75) is 51.1 Å². The van der Waals surface area contributed by atoms with E-state index in [2.05, 4.69) is 10.1 Å². The fraction of sp³-hybridized carbons (Fsp3) is 0.857. The van der Waals surface area contributed by atoms with E-state index in [4.69, 9.17) is 0 Å². The summed E-state index contributed by atoms with van der Waals surface area (Å²) < 4.78 is 4.68. The average molecular weight is 268 g/mol. The molecule has 5 heteroatoms. The van der Waals surface area contributed by atoms with Crippen LogP contribution in [0.1, 0.15) is 39.0 Å². The number of carbonyl (C=O) groups is 2. The number of methoxy groups -OCH3 is 1. The molecule has 2 aliphatic rings. The second kappa shape index (κ2) is 6.37. The van der Waals surface area contributed by atoms with Gasteiger partial charge in [-0.3, -0.25) is 9.59 Å². The van der Waals surface area contributed by atoms with Gasteiger partial charge in [-0.05, 0) is 31.6 Å². The molecule has 0 aromatic rings. The molecule has 2 fully saturated rings. The third-order valence-corrected chi connectivity index (χ3v) is 4.02. The molecule has 1 heterocycles. The number of ether oxygens (including phenoxy) is 1. The van der Waals surface area contributed by atoms with Crippen LogP contribution < -0.4 is 5.32 Å². The highest BCUT2D eigenvalue weighted by atomic mass is 16.5. The molecule has 2 rings (SSSR count). The Kier molecular flexibility index (Phi) is 4.80. The summed E-state index contributed by atoms with van der Waals surface area (Å²) in [5.74, 6) is 0.366. The van der Waals surface area contributed by atoms with Crippen molar-refractivity contribution in [1.82, 2.24) is 10.2 Å². The highest BCUT2D eigenvalue weighted by molar-refractivity contribution is 5.73. The fourth-order valence-electron chi connectivity index (χ4n) is 2.80. The number of carbonyl (C=O) groups excluding carboxylic acids is 2. The van der Waals surface area contributed by atoms with E-state index in [1.165, 1.54) is 20.0 Å². The summed E-state index contributed by atoms with van der Waals surface area (Å²) in [5.41, 5.74) is 0. The number of piperidine rings is 1. The van der Waals surface area contributed by atoms with Crippen molar-refractivity contribution in [2.75, 3.05) is 20.2 Å². The maximum absolute atomic E-state index is 11.6. The smallest absolute Gasteiger partial charge is 0.305 e. The molecule has 1 aliphatic carbocycles. The molecule has 0 aromatic carbocycles. The monoisotopic (exact) mass is 268 g/mol. The first-order valence-electron chi connectivity index (χ1n) is 7.17. The quantitative estimate of drug-likeness (QED) is 0.754. The van der Waals surface area contributed by atoms with Gasteiger partial charge < -0.3 is 15.0 Å². The van der Waals surface area contributed by atoms with Gasteiger partial charge in [0.2, 0.25) is 5.91 Å². The molecule has 1 N–H and O–H groups in total. The minimum atomic E-state index is -0.161. The molecule has 0 bridgehead atoms. The van der Waals surface area contributed by atoms with Crippen LogP contribution >= 0.6 is 0 Å². The van der Waals surface area contributed by atoms with Crippen LogP contribution in [0.2, 0.25) is 0 Å². The van der Waals surface area contributed by atoms with E-state index in [0.29, 0.717) is 24.4 Å². The van der Waals surface area contributed by atoms with E-state index in [1.807, 2.05) is 4.90 Å². The number of rotatable bonds is 5. The number of likely N-dealkylation sites (tertiary alicyclic amines) is 1. The summed E-state index contributed by atoms with van der Waals surface area (Å²) in [5, 5.41) is 3.60. The summed E-state index contributed by atoms with van der Waals surface area (Å²) >= 11 is 0. The Morgan fingerprint density at radius 2 is 2.00 bits per heavy atom. The van der Waals surface area contributed by atoms with E-state index in [1.54, 1.807) is 6.92 Å². The number of nitrogens with one attached hydrogen (secondary N) is 1. The molecular formula is C14H24N2O3.